The van der Waals surface area contributed by atoms with Gasteiger partial charge in [0.15, 0.2) is 5.82 Å². The Morgan fingerprint density at radius 1 is 1.38 bits per heavy atom. The second-order valence-corrected chi connectivity index (χ2v) is 6.19. The third-order valence-corrected chi connectivity index (χ3v) is 4.59. The molecule has 0 aliphatic heterocycles. The Labute approximate surface area is 129 Å². The number of aromatic nitrogens is 2. The lowest BCUT2D eigenvalue weighted by Crippen LogP contribution is -2.14. The molecule has 0 spiro atoms. The van der Waals surface area contributed by atoms with E-state index in [1.165, 1.54) is 25.3 Å². The van der Waals surface area contributed by atoms with Crippen molar-refractivity contribution in [2.75, 3.05) is 0 Å². The van der Waals surface area contributed by atoms with Crippen LogP contribution in [0.3, 0.4) is 0 Å². The second kappa shape index (κ2) is 6.06. The summed E-state index contributed by atoms with van der Waals surface area (Å²) in [7, 11) is 0. The minimum atomic E-state index is 0.0628. The van der Waals surface area contributed by atoms with Gasteiger partial charge >= 0.3 is 0 Å². The highest BCUT2D eigenvalue weighted by Crippen LogP contribution is 2.37. The van der Waals surface area contributed by atoms with Crippen molar-refractivity contribution in [1.29, 1.82) is 0 Å². The largest absolute Gasteiger partial charge is 0.507 e. The van der Waals surface area contributed by atoms with Crippen LogP contribution >= 0.6 is 11.6 Å². The molecule has 0 bridgehead atoms. The lowest BCUT2D eigenvalue weighted by atomic mass is 9.80. The minimum Gasteiger partial charge on any atom is -0.507 e. The van der Waals surface area contributed by atoms with E-state index in [2.05, 4.69) is 17.1 Å². The van der Waals surface area contributed by atoms with Crippen LogP contribution < -0.4 is 0 Å². The highest BCUT2D eigenvalue weighted by Gasteiger charge is 2.26. The molecule has 3 rings (SSSR count). The number of benzene rings is 1. The van der Waals surface area contributed by atoms with Crippen LogP contribution in [-0.2, 0) is 0 Å². The Bertz CT molecular complexity index is 626. The van der Waals surface area contributed by atoms with Gasteiger partial charge in [-0.3, -0.25) is 0 Å². The summed E-state index contributed by atoms with van der Waals surface area (Å²) in [6.45, 7) is 2.24. The standard InChI is InChI=1S/C16H19ClN2O2/c1-2-10-4-3-5-11(8-10)15-18-16(21-19-15)13-7-6-12(17)9-14(13)20/h6-7,9-11,20H,2-5,8H2,1H3. The van der Waals surface area contributed by atoms with E-state index < -0.39 is 0 Å². The molecule has 21 heavy (non-hydrogen) atoms. The van der Waals surface area contributed by atoms with Gasteiger partial charge in [-0.25, -0.2) is 0 Å². The number of aromatic hydroxyl groups is 1. The minimum absolute atomic E-state index is 0.0628. The Morgan fingerprint density at radius 3 is 3.00 bits per heavy atom. The maximum absolute atomic E-state index is 9.93. The third-order valence-electron chi connectivity index (χ3n) is 4.36. The Morgan fingerprint density at radius 2 is 2.24 bits per heavy atom. The first kappa shape index (κ1) is 14.4. The van der Waals surface area contributed by atoms with Crippen LogP contribution in [0.25, 0.3) is 11.5 Å². The van der Waals surface area contributed by atoms with Gasteiger partial charge in [0.1, 0.15) is 5.75 Å². The quantitative estimate of drug-likeness (QED) is 0.886. The van der Waals surface area contributed by atoms with E-state index in [-0.39, 0.29) is 5.75 Å². The van der Waals surface area contributed by atoms with Gasteiger partial charge < -0.3 is 9.63 Å². The summed E-state index contributed by atoms with van der Waals surface area (Å²) >= 11 is 5.84. The molecule has 0 saturated heterocycles. The van der Waals surface area contributed by atoms with Gasteiger partial charge in [-0.05, 0) is 37.0 Å². The average Bonchev–Trinajstić information content (AvgIpc) is 2.97. The molecular weight excluding hydrogens is 288 g/mol. The van der Waals surface area contributed by atoms with E-state index in [9.17, 15) is 5.11 Å². The molecule has 2 atom stereocenters. The Kier molecular flexibility index (Phi) is 4.15. The van der Waals surface area contributed by atoms with Crippen LogP contribution in [0.4, 0.5) is 0 Å². The van der Waals surface area contributed by atoms with Gasteiger partial charge in [-0.1, -0.05) is 42.9 Å². The molecule has 2 unspecified atom stereocenters. The van der Waals surface area contributed by atoms with Crippen molar-refractivity contribution < 1.29 is 9.63 Å². The van der Waals surface area contributed by atoms with E-state index in [4.69, 9.17) is 16.1 Å². The number of hydrogen-bond donors (Lipinski definition) is 1. The number of phenols is 1. The van der Waals surface area contributed by atoms with Crippen molar-refractivity contribution in [2.45, 2.75) is 44.9 Å². The fraction of sp³-hybridized carbons (Fsp3) is 0.500. The molecule has 0 radical (unpaired) electrons. The zero-order valence-electron chi connectivity index (χ0n) is 12.1. The lowest BCUT2D eigenvalue weighted by Gasteiger charge is -2.26. The molecule has 1 aromatic heterocycles. The molecule has 1 N–H and O–H groups in total. The molecule has 1 aliphatic carbocycles. The number of phenolic OH excluding ortho intramolecular Hbond substituents is 1. The smallest absolute Gasteiger partial charge is 0.261 e. The highest BCUT2D eigenvalue weighted by molar-refractivity contribution is 6.30. The van der Waals surface area contributed by atoms with Crippen LogP contribution in [0.1, 0.15) is 50.8 Å². The van der Waals surface area contributed by atoms with Crippen LogP contribution in [0, 0.1) is 5.92 Å². The lowest BCUT2D eigenvalue weighted by molar-refractivity contribution is 0.300. The molecule has 112 valence electrons. The molecule has 4 nitrogen and oxygen atoms in total. The van der Waals surface area contributed by atoms with Crippen LogP contribution in [0.5, 0.6) is 5.75 Å². The monoisotopic (exact) mass is 306 g/mol. The van der Waals surface area contributed by atoms with Crippen molar-refractivity contribution in [3.8, 4) is 17.2 Å². The maximum Gasteiger partial charge on any atom is 0.261 e. The first-order valence-corrected chi connectivity index (χ1v) is 7.87. The molecule has 5 heteroatoms. The first-order chi connectivity index (χ1) is 10.2. The van der Waals surface area contributed by atoms with E-state index in [1.54, 1.807) is 12.1 Å². The Balaban J connectivity index is 1.83. The molecule has 2 aromatic rings. The summed E-state index contributed by atoms with van der Waals surface area (Å²) in [6, 6.07) is 4.88. The third kappa shape index (κ3) is 3.05. The summed E-state index contributed by atoms with van der Waals surface area (Å²) in [6.07, 6.45) is 5.97. The van der Waals surface area contributed by atoms with Crippen molar-refractivity contribution in [1.82, 2.24) is 10.1 Å². The predicted molar refractivity (Wildman–Crippen MR) is 81.4 cm³/mol. The van der Waals surface area contributed by atoms with Gasteiger partial charge in [0, 0.05) is 10.9 Å². The number of nitrogens with zero attached hydrogens (tertiary/aromatic N) is 2. The van der Waals surface area contributed by atoms with Crippen molar-refractivity contribution in [3.63, 3.8) is 0 Å². The zero-order valence-corrected chi connectivity index (χ0v) is 12.8. The first-order valence-electron chi connectivity index (χ1n) is 7.50. The predicted octanol–water partition coefficient (Wildman–Crippen LogP) is 4.78. The second-order valence-electron chi connectivity index (χ2n) is 5.76. The zero-order chi connectivity index (χ0) is 14.8. The van der Waals surface area contributed by atoms with Gasteiger partial charge in [0.2, 0.25) is 0 Å². The summed E-state index contributed by atoms with van der Waals surface area (Å²) < 4.78 is 5.33. The SMILES string of the molecule is CCC1CCCC(c2noc(-c3ccc(Cl)cc3O)n2)C1. The Hall–Kier alpha value is -1.55. The van der Waals surface area contributed by atoms with E-state index in [1.807, 2.05) is 0 Å². The number of rotatable bonds is 3. The molecule has 1 aromatic carbocycles. The van der Waals surface area contributed by atoms with Gasteiger partial charge in [0.25, 0.3) is 5.89 Å². The molecule has 1 fully saturated rings. The fourth-order valence-corrected chi connectivity index (χ4v) is 3.26. The van der Waals surface area contributed by atoms with Crippen LogP contribution in [-0.4, -0.2) is 15.2 Å². The van der Waals surface area contributed by atoms with Gasteiger partial charge in [-0.15, -0.1) is 0 Å². The highest BCUT2D eigenvalue weighted by atomic mass is 35.5. The molecule has 1 heterocycles. The molecular formula is C16H19ClN2O2. The molecule has 1 saturated carbocycles. The maximum atomic E-state index is 9.93. The summed E-state index contributed by atoms with van der Waals surface area (Å²) in [5, 5.41) is 14.5. The normalized spacial score (nSPS) is 22.4. The average molecular weight is 307 g/mol. The van der Waals surface area contributed by atoms with Gasteiger partial charge in [0.05, 0.1) is 5.56 Å². The van der Waals surface area contributed by atoms with E-state index in [0.717, 1.165) is 24.6 Å². The van der Waals surface area contributed by atoms with Crippen molar-refractivity contribution >= 4 is 11.6 Å². The van der Waals surface area contributed by atoms with Crippen LogP contribution in [0.15, 0.2) is 22.7 Å². The summed E-state index contributed by atoms with van der Waals surface area (Å²) in [5.74, 6) is 2.31. The van der Waals surface area contributed by atoms with E-state index in [0.29, 0.717) is 22.4 Å². The topological polar surface area (TPSA) is 59.2 Å². The number of halogens is 1. The van der Waals surface area contributed by atoms with Crippen molar-refractivity contribution in [2.24, 2.45) is 5.92 Å². The van der Waals surface area contributed by atoms with Gasteiger partial charge in [-0.2, -0.15) is 4.98 Å². The molecule has 0 amide bonds. The van der Waals surface area contributed by atoms with Crippen molar-refractivity contribution in [3.05, 3.63) is 29.0 Å². The van der Waals surface area contributed by atoms with E-state index >= 15 is 0 Å². The summed E-state index contributed by atoms with van der Waals surface area (Å²) in [5.41, 5.74) is 0.529. The fourth-order valence-electron chi connectivity index (χ4n) is 3.09. The summed E-state index contributed by atoms with van der Waals surface area (Å²) in [4.78, 5) is 4.48. The van der Waals surface area contributed by atoms with Crippen LogP contribution in [0.2, 0.25) is 5.02 Å². The number of hydrogen-bond acceptors (Lipinski definition) is 4. The molecule has 1 aliphatic rings.